The van der Waals surface area contributed by atoms with Gasteiger partial charge in [-0.15, -0.1) is 6.42 Å². The minimum Gasteiger partial charge on any atom is -0.378 e. The Labute approximate surface area is 81.9 Å². The molecule has 0 spiro atoms. The first-order chi connectivity index (χ1) is 5.90. The number of hydrogen-bond donors (Lipinski definition) is 1. The van der Waals surface area contributed by atoms with Crippen LogP contribution in [0.1, 0.15) is 40.5 Å². The van der Waals surface area contributed by atoms with Gasteiger partial charge in [-0.05, 0) is 39.5 Å². The molecule has 0 aliphatic carbocycles. The molecule has 0 aromatic rings. The average Bonchev–Trinajstić information content (AvgIpc) is 2.03. The molecule has 0 aromatic heterocycles. The molecule has 0 rings (SSSR count). The van der Waals surface area contributed by atoms with Crippen LogP contribution in [0.4, 0.5) is 0 Å². The Kier molecular flexibility index (Phi) is 4.80. The summed E-state index contributed by atoms with van der Waals surface area (Å²) >= 11 is 0. The second kappa shape index (κ2) is 5.09. The highest BCUT2D eigenvalue weighted by Gasteiger charge is 2.24. The highest BCUT2D eigenvalue weighted by Crippen LogP contribution is 2.21. The number of aliphatic hydroxyl groups is 1. The molecule has 0 fully saturated rings. The average molecular weight is 180 g/mol. The summed E-state index contributed by atoms with van der Waals surface area (Å²) in [7, 11) is 0. The van der Waals surface area contributed by atoms with Crippen LogP contribution in [-0.4, -0.2) is 10.7 Å². The van der Waals surface area contributed by atoms with Gasteiger partial charge in [0, 0.05) is 0 Å². The van der Waals surface area contributed by atoms with Crippen LogP contribution in [0.15, 0.2) is 11.6 Å². The smallest absolute Gasteiger partial charge is 0.125 e. The normalized spacial score (nSPS) is 16.9. The molecule has 0 aliphatic heterocycles. The quantitative estimate of drug-likeness (QED) is 0.521. The van der Waals surface area contributed by atoms with Crippen LogP contribution in [0.2, 0.25) is 0 Å². The van der Waals surface area contributed by atoms with Crippen molar-refractivity contribution in [2.75, 3.05) is 0 Å². The van der Waals surface area contributed by atoms with Gasteiger partial charge in [-0.1, -0.05) is 24.5 Å². The Bertz CT molecular complexity index is 214. The van der Waals surface area contributed by atoms with E-state index >= 15 is 0 Å². The van der Waals surface area contributed by atoms with E-state index in [4.69, 9.17) is 6.42 Å². The van der Waals surface area contributed by atoms with Gasteiger partial charge in [0.15, 0.2) is 0 Å². The second-order valence-corrected chi connectivity index (χ2v) is 4.05. The SMILES string of the molecule is C#C[C@@](C)(O)[C@@H](C)CCC=C(C)C. The molecule has 13 heavy (non-hydrogen) atoms. The molecular formula is C12H20O. The maximum atomic E-state index is 9.70. The standard InChI is InChI=1S/C12H20O/c1-6-12(5,13)11(4)9-7-8-10(2)3/h1,8,11,13H,7,9H2,2-5H3/t11-,12+/m0/s1. The van der Waals surface area contributed by atoms with E-state index in [1.165, 1.54) is 5.57 Å². The predicted octanol–water partition coefficient (Wildman–Crippen LogP) is 2.75. The minimum atomic E-state index is -0.963. The first-order valence-corrected chi connectivity index (χ1v) is 4.73. The predicted molar refractivity (Wildman–Crippen MR) is 57.3 cm³/mol. The fourth-order valence-electron chi connectivity index (χ4n) is 1.05. The summed E-state index contributed by atoms with van der Waals surface area (Å²) in [6.45, 7) is 7.83. The molecule has 0 aromatic carbocycles. The number of allylic oxidation sites excluding steroid dienone is 2. The lowest BCUT2D eigenvalue weighted by atomic mass is 9.88. The third-order valence-electron chi connectivity index (χ3n) is 2.40. The Morgan fingerprint density at radius 3 is 2.54 bits per heavy atom. The summed E-state index contributed by atoms with van der Waals surface area (Å²) in [6.07, 6.45) is 9.31. The lowest BCUT2D eigenvalue weighted by Gasteiger charge is -2.24. The van der Waals surface area contributed by atoms with Gasteiger partial charge in [-0.3, -0.25) is 0 Å². The largest absolute Gasteiger partial charge is 0.378 e. The highest BCUT2D eigenvalue weighted by molar-refractivity contribution is 5.07. The van der Waals surface area contributed by atoms with Crippen LogP contribution < -0.4 is 0 Å². The molecule has 0 amide bonds. The van der Waals surface area contributed by atoms with Crippen LogP contribution >= 0.6 is 0 Å². The van der Waals surface area contributed by atoms with Gasteiger partial charge in [0.1, 0.15) is 5.60 Å². The maximum Gasteiger partial charge on any atom is 0.125 e. The van der Waals surface area contributed by atoms with Gasteiger partial charge in [0.05, 0.1) is 0 Å². The molecule has 0 aliphatic rings. The van der Waals surface area contributed by atoms with Crippen molar-refractivity contribution in [2.45, 2.75) is 46.1 Å². The molecular weight excluding hydrogens is 160 g/mol. The molecule has 0 bridgehead atoms. The molecule has 0 saturated heterocycles. The summed E-state index contributed by atoms with van der Waals surface area (Å²) in [6, 6.07) is 0. The lowest BCUT2D eigenvalue weighted by molar-refractivity contribution is 0.0608. The first kappa shape index (κ1) is 12.3. The Hall–Kier alpha value is -0.740. The van der Waals surface area contributed by atoms with E-state index in [1.54, 1.807) is 6.92 Å². The summed E-state index contributed by atoms with van der Waals surface area (Å²) in [5, 5.41) is 9.70. The first-order valence-electron chi connectivity index (χ1n) is 4.73. The summed E-state index contributed by atoms with van der Waals surface area (Å²) in [4.78, 5) is 0. The zero-order valence-corrected chi connectivity index (χ0v) is 9.09. The van der Waals surface area contributed by atoms with E-state index in [0.29, 0.717) is 0 Å². The third-order valence-corrected chi connectivity index (χ3v) is 2.40. The molecule has 0 saturated carbocycles. The molecule has 1 heteroatoms. The van der Waals surface area contributed by atoms with Crippen molar-refractivity contribution in [3.63, 3.8) is 0 Å². The Morgan fingerprint density at radius 2 is 2.15 bits per heavy atom. The minimum absolute atomic E-state index is 0.146. The van der Waals surface area contributed by atoms with Crippen molar-refractivity contribution >= 4 is 0 Å². The molecule has 74 valence electrons. The van der Waals surface area contributed by atoms with Crippen LogP contribution in [0.25, 0.3) is 0 Å². The molecule has 0 heterocycles. The summed E-state index contributed by atoms with van der Waals surface area (Å²) < 4.78 is 0. The van der Waals surface area contributed by atoms with Crippen molar-refractivity contribution < 1.29 is 5.11 Å². The maximum absolute atomic E-state index is 9.70. The van der Waals surface area contributed by atoms with Gasteiger partial charge in [-0.25, -0.2) is 0 Å². The second-order valence-electron chi connectivity index (χ2n) is 4.05. The van der Waals surface area contributed by atoms with Crippen molar-refractivity contribution in [1.82, 2.24) is 0 Å². The summed E-state index contributed by atoms with van der Waals surface area (Å²) in [5.41, 5.74) is 0.350. The zero-order chi connectivity index (χ0) is 10.5. The highest BCUT2D eigenvalue weighted by atomic mass is 16.3. The number of terminal acetylenes is 1. The molecule has 0 unspecified atom stereocenters. The Balaban J connectivity index is 3.97. The van der Waals surface area contributed by atoms with Gasteiger partial charge in [0.2, 0.25) is 0 Å². The number of hydrogen-bond acceptors (Lipinski definition) is 1. The van der Waals surface area contributed by atoms with Crippen LogP contribution in [0.5, 0.6) is 0 Å². The molecule has 1 N–H and O–H groups in total. The van der Waals surface area contributed by atoms with Gasteiger partial charge < -0.3 is 5.11 Å². The van der Waals surface area contributed by atoms with E-state index in [9.17, 15) is 5.11 Å². The van der Waals surface area contributed by atoms with Crippen molar-refractivity contribution in [3.05, 3.63) is 11.6 Å². The zero-order valence-electron chi connectivity index (χ0n) is 9.09. The van der Waals surface area contributed by atoms with E-state index in [2.05, 4.69) is 25.8 Å². The van der Waals surface area contributed by atoms with Crippen molar-refractivity contribution in [3.8, 4) is 12.3 Å². The fraction of sp³-hybridized carbons (Fsp3) is 0.667. The van der Waals surface area contributed by atoms with Crippen molar-refractivity contribution in [1.29, 1.82) is 0 Å². The fourth-order valence-corrected chi connectivity index (χ4v) is 1.05. The van der Waals surface area contributed by atoms with Crippen molar-refractivity contribution in [2.24, 2.45) is 5.92 Å². The topological polar surface area (TPSA) is 20.2 Å². The van der Waals surface area contributed by atoms with E-state index < -0.39 is 5.60 Å². The van der Waals surface area contributed by atoms with Crippen LogP contribution in [-0.2, 0) is 0 Å². The summed E-state index contributed by atoms with van der Waals surface area (Å²) in [5.74, 6) is 2.56. The van der Waals surface area contributed by atoms with Gasteiger partial charge in [0.25, 0.3) is 0 Å². The molecule has 0 radical (unpaired) electrons. The van der Waals surface area contributed by atoms with E-state index in [1.807, 2.05) is 6.92 Å². The van der Waals surface area contributed by atoms with Crippen LogP contribution in [0, 0.1) is 18.3 Å². The van der Waals surface area contributed by atoms with Crippen LogP contribution in [0.3, 0.4) is 0 Å². The molecule has 2 atom stereocenters. The third kappa shape index (κ3) is 4.75. The van der Waals surface area contributed by atoms with Gasteiger partial charge in [-0.2, -0.15) is 0 Å². The Morgan fingerprint density at radius 1 is 1.62 bits per heavy atom. The van der Waals surface area contributed by atoms with E-state index in [0.717, 1.165) is 12.8 Å². The molecule has 1 nitrogen and oxygen atoms in total. The number of rotatable bonds is 4. The lowest BCUT2D eigenvalue weighted by Crippen LogP contribution is -2.30. The van der Waals surface area contributed by atoms with E-state index in [-0.39, 0.29) is 5.92 Å². The monoisotopic (exact) mass is 180 g/mol. The van der Waals surface area contributed by atoms with Gasteiger partial charge >= 0.3 is 0 Å².